The van der Waals surface area contributed by atoms with E-state index < -0.39 is 0 Å². The molecule has 0 unspecified atom stereocenters. The fourth-order valence-corrected chi connectivity index (χ4v) is 2.02. The SMILES string of the molecule is OCc1ccc(OCc2ccc(Br)cc2)c(Cl)c1. The minimum Gasteiger partial charge on any atom is -0.487 e. The Morgan fingerprint density at radius 1 is 1.06 bits per heavy atom. The highest BCUT2D eigenvalue weighted by Crippen LogP contribution is 2.26. The van der Waals surface area contributed by atoms with Crippen LogP contribution in [0, 0.1) is 0 Å². The van der Waals surface area contributed by atoms with Crippen molar-refractivity contribution in [2.75, 3.05) is 0 Å². The maximum Gasteiger partial charge on any atom is 0.138 e. The minimum atomic E-state index is -0.0211. The third kappa shape index (κ3) is 3.48. The van der Waals surface area contributed by atoms with Crippen molar-refractivity contribution >= 4 is 27.5 Å². The topological polar surface area (TPSA) is 29.5 Å². The van der Waals surface area contributed by atoms with Crippen LogP contribution in [0.15, 0.2) is 46.9 Å². The van der Waals surface area contributed by atoms with Crippen molar-refractivity contribution < 1.29 is 9.84 Å². The number of halogens is 2. The highest BCUT2D eigenvalue weighted by Gasteiger charge is 2.03. The molecule has 1 N–H and O–H groups in total. The van der Waals surface area contributed by atoms with Gasteiger partial charge in [0.2, 0.25) is 0 Å². The van der Waals surface area contributed by atoms with E-state index in [9.17, 15) is 0 Å². The number of ether oxygens (including phenoxy) is 1. The number of hydrogen-bond acceptors (Lipinski definition) is 2. The molecule has 0 aliphatic carbocycles. The largest absolute Gasteiger partial charge is 0.487 e. The quantitative estimate of drug-likeness (QED) is 0.913. The average molecular weight is 328 g/mol. The van der Waals surface area contributed by atoms with Gasteiger partial charge in [0.1, 0.15) is 12.4 Å². The highest BCUT2D eigenvalue weighted by atomic mass is 79.9. The van der Waals surface area contributed by atoms with Crippen molar-refractivity contribution in [2.24, 2.45) is 0 Å². The molecule has 0 aliphatic rings. The zero-order chi connectivity index (χ0) is 13.0. The molecule has 0 heterocycles. The maximum atomic E-state index is 8.98. The molecular formula is C14H12BrClO2. The number of aliphatic hydroxyl groups excluding tert-OH is 1. The summed E-state index contributed by atoms with van der Waals surface area (Å²) in [7, 11) is 0. The normalized spacial score (nSPS) is 10.4. The van der Waals surface area contributed by atoms with E-state index >= 15 is 0 Å². The molecule has 0 amide bonds. The molecule has 0 spiro atoms. The first-order valence-corrected chi connectivity index (χ1v) is 6.62. The van der Waals surface area contributed by atoms with Gasteiger partial charge in [-0.2, -0.15) is 0 Å². The Morgan fingerprint density at radius 3 is 2.33 bits per heavy atom. The predicted molar refractivity (Wildman–Crippen MR) is 75.8 cm³/mol. The Morgan fingerprint density at radius 2 is 1.72 bits per heavy atom. The van der Waals surface area contributed by atoms with Gasteiger partial charge in [-0.3, -0.25) is 0 Å². The lowest BCUT2D eigenvalue weighted by molar-refractivity contribution is 0.281. The summed E-state index contributed by atoms with van der Waals surface area (Å²) in [6.07, 6.45) is 0. The van der Waals surface area contributed by atoms with Crippen molar-refractivity contribution in [3.05, 3.63) is 63.1 Å². The van der Waals surface area contributed by atoms with Crippen LogP contribution in [0.25, 0.3) is 0 Å². The van der Waals surface area contributed by atoms with E-state index in [2.05, 4.69) is 15.9 Å². The summed E-state index contributed by atoms with van der Waals surface area (Å²) in [5, 5.41) is 9.50. The van der Waals surface area contributed by atoms with Crippen molar-refractivity contribution in [3.8, 4) is 5.75 Å². The Bertz CT molecular complexity index is 526. The van der Waals surface area contributed by atoms with Gasteiger partial charge in [0.05, 0.1) is 11.6 Å². The molecule has 0 saturated heterocycles. The standard InChI is InChI=1S/C14H12BrClO2/c15-12-4-1-10(2-5-12)9-18-14-6-3-11(8-17)7-13(14)16/h1-7,17H,8-9H2. The zero-order valence-corrected chi connectivity index (χ0v) is 11.9. The lowest BCUT2D eigenvalue weighted by atomic mass is 10.2. The van der Waals surface area contributed by atoms with Gasteiger partial charge < -0.3 is 9.84 Å². The molecule has 18 heavy (non-hydrogen) atoms. The van der Waals surface area contributed by atoms with Crippen LogP contribution >= 0.6 is 27.5 Å². The smallest absolute Gasteiger partial charge is 0.138 e. The Kier molecular flexibility index (Phi) is 4.64. The third-order valence-electron chi connectivity index (χ3n) is 2.49. The molecule has 0 atom stereocenters. The van der Waals surface area contributed by atoms with Gasteiger partial charge in [0, 0.05) is 4.47 Å². The molecule has 2 aromatic rings. The van der Waals surface area contributed by atoms with Crippen LogP contribution in [0.5, 0.6) is 5.75 Å². The van der Waals surface area contributed by atoms with E-state index in [1.54, 1.807) is 18.2 Å². The van der Waals surface area contributed by atoms with E-state index in [0.29, 0.717) is 17.4 Å². The highest BCUT2D eigenvalue weighted by molar-refractivity contribution is 9.10. The van der Waals surface area contributed by atoms with Gasteiger partial charge >= 0.3 is 0 Å². The molecular weight excluding hydrogens is 316 g/mol. The van der Waals surface area contributed by atoms with Crippen LogP contribution < -0.4 is 4.74 Å². The fourth-order valence-electron chi connectivity index (χ4n) is 1.50. The molecule has 2 aromatic carbocycles. The first kappa shape index (κ1) is 13.4. The van der Waals surface area contributed by atoms with Gasteiger partial charge in [0.15, 0.2) is 0 Å². The van der Waals surface area contributed by atoms with Crippen LogP contribution in [-0.2, 0) is 13.2 Å². The number of hydrogen-bond donors (Lipinski definition) is 1. The summed E-state index contributed by atoms with van der Waals surface area (Å²) in [6, 6.07) is 13.2. The van der Waals surface area contributed by atoms with Crippen LogP contribution in [0.1, 0.15) is 11.1 Å². The van der Waals surface area contributed by atoms with Crippen molar-refractivity contribution in [3.63, 3.8) is 0 Å². The summed E-state index contributed by atoms with van der Waals surface area (Å²) in [6.45, 7) is 0.443. The molecule has 94 valence electrons. The van der Waals surface area contributed by atoms with Gasteiger partial charge in [-0.15, -0.1) is 0 Å². The van der Waals surface area contributed by atoms with E-state index in [4.69, 9.17) is 21.4 Å². The maximum absolute atomic E-state index is 8.98. The average Bonchev–Trinajstić information content (AvgIpc) is 2.39. The zero-order valence-electron chi connectivity index (χ0n) is 9.57. The summed E-state index contributed by atoms with van der Waals surface area (Å²) in [5.41, 5.74) is 1.84. The van der Waals surface area contributed by atoms with Crippen LogP contribution in [0.3, 0.4) is 0 Å². The van der Waals surface area contributed by atoms with Crippen LogP contribution in [0.4, 0.5) is 0 Å². The van der Waals surface area contributed by atoms with E-state index in [1.165, 1.54) is 0 Å². The summed E-state index contributed by atoms with van der Waals surface area (Å²) >= 11 is 9.44. The summed E-state index contributed by atoms with van der Waals surface area (Å²) in [5.74, 6) is 0.622. The Labute approximate surface area is 119 Å². The number of benzene rings is 2. The van der Waals surface area contributed by atoms with Crippen LogP contribution in [0.2, 0.25) is 5.02 Å². The van der Waals surface area contributed by atoms with Gasteiger partial charge in [-0.05, 0) is 35.4 Å². The lowest BCUT2D eigenvalue weighted by Gasteiger charge is -2.09. The Hall–Kier alpha value is -1.03. The predicted octanol–water partition coefficient (Wildman–Crippen LogP) is 4.17. The monoisotopic (exact) mass is 326 g/mol. The first-order chi connectivity index (χ1) is 8.69. The molecule has 0 aromatic heterocycles. The molecule has 0 radical (unpaired) electrons. The molecule has 0 aliphatic heterocycles. The van der Waals surface area contributed by atoms with Crippen molar-refractivity contribution in [2.45, 2.75) is 13.2 Å². The van der Waals surface area contributed by atoms with E-state index in [0.717, 1.165) is 15.6 Å². The van der Waals surface area contributed by atoms with Gasteiger partial charge in [-0.25, -0.2) is 0 Å². The van der Waals surface area contributed by atoms with Gasteiger partial charge in [0.25, 0.3) is 0 Å². The first-order valence-electron chi connectivity index (χ1n) is 5.45. The van der Waals surface area contributed by atoms with E-state index in [-0.39, 0.29) is 6.61 Å². The number of rotatable bonds is 4. The minimum absolute atomic E-state index is 0.0211. The van der Waals surface area contributed by atoms with Crippen LogP contribution in [-0.4, -0.2) is 5.11 Å². The molecule has 0 fully saturated rings. The molecule has 0 bridgehead atoms. The molecule has 2 nitrogen and oxygen atoms in total. The lowest BCUT2D eigenvalue weighted by Crippen LogP contribution is -1.96. The summed E-state index contributed by atoms with van der Waals surface area (Å²) < 4.78 is 6.67. The third-order valence-corrected chi connectivity index (χ3v) is 3.31. The van der Waals surface area contributed by atoms with Gasteiger partial charge in [-0.1, -0.05) is 45.7 Å². The van der Waals surface area contributed by atoms with Crippen molar-refractivity contribution in [1.82, 2.24) is 0 Å². The van der Waals surface area contributed by atoms with Crippen molar-refractivity contribution in [1.29, 1.82) is 0 Å². The summed E-state index contributed by atoms with van der Waals surface area (Å²) in [4.78, 5) is 0. The molecule has 2 rings (SSSR count). The second-order valence-corrected chi connectivity index (χ2v) is 5.16. The number of aliphatic hydroxyl groups is 1. The molecule has 0 saturated carbocycles. The van der Waals surface area contributed by atoms with E-state index in [1.807, 2.05) is 24.3 Å². The fraction of sp³-hybridized carbons (Fsp3) is 0.143. The second-order valence-electron chi connectivity index (χ2n) is 3.84. The Balaban J connectivity index is 2.04. The second kappa shape index (κ2) is 6.23. The molecule has 4 heteroatoms.